The summed E-state index contributed by atoms with van der Waals surface area (Å²) in [4.78, 5) is 30.9. The number of para-hydroxylation sites is 1. The maximum Gasteiger partial charge on any atom is 0.340 e. The van der Waals surface area contributed by atoms with Crippen LogP contribution < -0.4 is 5.73 Å². The zero-order chi connectivity index (χ0) is 22.2. The Labute approximate surface area is 197 Å². The molecular weight excluding hydrogens is 464 g/mol. The van der Waals surface area contributed by atoms with Gasteiger partial charge in [-0.25, -0.2) is 9.78 Å². The molecule has 0 spiro atoms. The van der Waals surface area contributed by atoms with E-state index in [1.807, 2.05) is 24.3 Å². The average molecular weight is 485 g/mol. The van der Waals surface area contributed by atoms with Crippen molar-refractivity contribution in [1.82, 2.24) is 4.98 Å². The van der Waals surface area contributed by atoms with E-state index < -0.39 is 11.9 Å². The Morgan fingerprint density at radius 1 is 1.34 bits per heavy atom. The van der Waals surface area contributed by atoms with Crippen LogP contribution in [-0.4, -0.2) is 23.8 Å². The molecule has 1 aliphatic carbocycles. The standard InChI is InChI=1S/C23H20N2O4S3/c1-28-22(27)20-19(18-14(26)6-4-7-15(18)29-21(20)24)17-9-12(10-30-17)11-31-23-25-13-5-2-3-8-16(13)32-23/h2-3,5,8-10,19H,4,6-7,11,24H2,1H3/t19-/m1/s1. The van der Waals surface area contributed by atoms with E-state index in [2.05, 4.69) is 16.4 Å². The first-order chi connectivity index (χ1) is 15.5. The Bertz CT molecular complexity index is 1250. The van der Waals surface area contributed by atoms with Gasteiger partial charge < -0.3 is 15.2 Å². The summed E-state index contributed by atoms with van der Waals surface area (Å²) in [5, 5.41) is 2.06. The van der Waals surface area contributed by atoms with Crippen LogP contribution in [-0.2, 0) is 24.8 Å². The van der Waals surface area contributed by atoms with E-state index in [0.29, 0.717) is 24.2 Å². The van der Waals surface area contributed by atoms with Crippen molar-refractivity contribution < 1.29 is 19.1 Å². The van der Waals surface area contributed by atoms with Crippen LogP contribution in [0, 0.1) is 0 Å². The lowest BCUT2D eigenvalue weighted by Gasteiger charge is -2.31. The molecule has 5 rings (SSSR count). The number of ether oxygens (including phenoxy) is 2. The van der Waals surface area contributed by atoms with Gasteiger partial charge in [0.15, 0.2) is 10.1 Å². The van der Waals surface area contributed by atoms with Crippen molar-refractivity contribution in [2.45, 2.75) is 35.3 Å². The van der Waals surface area contributed by atoms with E-state index >= 15 is 0 Å². The number of esters is 1. The van der Waals surface area contributed by atoms with Crippen molar-refractivity contribution in [2.24, 2.45) is 5.73 Å². The summed E-state index contributed by atoms with van der Waals surface area (Å²) < 4.78 is 12.8. The largest absolute Gasteiger partial charge is 0.465 e. The van der Waals surface area contributed by atoms with Gasteiger partial charge in [-0.15, -0.1) is 22.7 Å². The lowest BCUT2D eigenvalue weighted by molar-refractivity contribution is -0.136. The maximum absolute atomic E-state index is 12.8. The van der Waals surface area contributed by atoms with Gasteiger partial charge in [-0.2, -0.15) is 0 Å². The number of aromatic nitrogens is 1. The molecular formula is C23H20N2O4S3. The predicted molar refractivity (Wildman–Crippen MR) is 126 cm³/mol. The van der Waals surface area contributed by atoms with Crippen LogP contribution in [0.15, 0.2) is 62.8 Å². The van der Waals surface area contributed by atoms with Gasteiger partial charge >= 0.3 is 5.97 Å². The molecule has 0 bridgehead atoms. The minimum atomic E-state index is -0.573. The Hall–Kier alpha value is -2.62. The lowest BCUT2D eigenvalue weighted by atomic mass is 9.80. The number of carbonyl (C=O) groups excluding carboxylic acids is 2. The molecule has 1 aliphatic heterocycles. The predicted octanol–water partition coefficient (Wildman–Crippen LogP) is 5.11. The SMILES string of the molecule is COC(=O)C1=C(N)OC2=C(C(=O)CCC2)[C@H]1c1cc(CSc2nc3ccccc3s2)cs1. The zero-order valence-electron chi connectivity index (χ0n) is 17.3. The molecule has 0 unspecified atom stereocenters. The highest BCUT2D eigenvalue weighted by molar-refractivity contribution is 8.00. The second-order valence-corrected chi connectivity index (χ2v) is 10.7. The number of nitrogens with zero attached hydrogens (tertiary/aromatic N) is 1. The first kappa shape index (κ1) is 21.2. The summed E-state index contributed by atoms with van der Waals surface area (Å²) in [6.07, 6.45) is 1.80. The van der Waals surface area contributed by atoms with E-state index in [-0.39, 0.29) is 17.2 Å². The number of thioether (sulfide) groups is 1. The third-order valence-corrected chi connectivity index (χ3v) is 8.78. The molecule has 2 aromatic heterocycles. The molecule has 2 aliphatic rings. The van der Waals surface area contributed by atoms with Crippen molar-refractivity contribution in [3.05, 3.63) is 68.9 Å². The van der Waals surface area contributed by atoms with Gasteiger partial charge in [0.05, 0.1) is 23.2 Å². The molecule has 1 aromatic carbocycles. The van der Waals surface area contributed by atoms with Gasteiger partial charge in [-0.1, -0.05) is 23.9 Å². The first-order valence-electron chi connectivity index (χ1n) is 10.1. The van der Waals surface area contributed by atoms with Crippen LogP contribution in [0.3, 0.4) is 0 Å². The van der Waals surface area contributed by atoms with Gasteiger partial charge in [0, 0.05) is 29.0 Å². The maximum atomic E-state index is 12.8. The molecule has 0 fully saturated rings. The Kier molecular flexibility index (Phi) is 5.79. The third-order valence-electron chi connectivity index (χ3n) is 5.48. The summed E-state index contributed by atoms with van der Waals surface area (Å²) in [5.41, 5.74) is 8.97. The number of carbonyl (C=O) groups is 2. The highest BCUT2D eigenvalue weighted by Gasteiger charge is 2.41. The van der Waals surface area contributed by atoms with E-state index in [1.54, 1.807) is 23.1 Å². The minimum absolute atomic E-state index is 0.00366. The fraction of sp³-hybridized carbons (Fsp3) is 0.261. The smallest absolute Gasteiger partial charge is 0.340 e. The number of hydrogen-bond donors (Lipinski definition) is 1. The van der Waals surface area contributed by atoms with Crippen LogP contribution in [0.1, 0.15) is 35.6 Å². The van der Waals surface area contributed by atoms with E-state index in [9.17, 15) is 9.59 Å². The second kappa shape index (κ2) is 8.73. The van der Waals surface area contributed by atoms with Crippen molar-refractivity contribution >= 4 is 56.4 Å². The van der Waals surface area contributed by atoms with Crippen LogP contribution >= 0.6 is 34.4 Å². The monoisotopic (exact) mass is 484 g/mol. The van der Waals surface area contributed by atoms with Gasteiger partial charge in [0.25, 0.3) is 0 Å². The molecule has 9 heteroatoms. The van der Waals surface area contributed by atoms with E-state index in [1.165, 1.54) is 23.1 Å². The minimum Gasteiger partial charge on any atom is -0.465 e. The van der Waals surface area contributed by atoms with Gasteiger partial charge in [-0.05, 0) is 35.6 Å². The van der Waals surface area contributed by atoms with Crippen molar-refractivity contribution in [3.8, 4) is 0 Å². The average Bonchev–Trinajstić information content (AvgIpc) is 3.43. The zero-order valence-corrected chi connectivity index (χ0v) is 19.7. The topological polar surface area (TPSA) is 91.5 Å². The normalized spacial score (nSPS) is 18.7. The van der Waals surface area contributed by atoms with Crippen LogP contribution in [0.25, 0.3) is 10.2 Å². The number of fused-ring (bicyclic) bond motifs is 1. The van der Waals surface area contributed by atoms with Gasteiger partial charge in [0.1, 0.15) is 11.3 Å². The first-order valence-corrected chi connectivity index (χ1v) is 12.8. The molecule has 1 atom stereocenters. The van der Waals surface area contributed by atoms with Crippen LogP contribution in [0.4, 0.5) is 0 Å². The summed E-state index contributed by atoms with van der Waals surface area (Å²) >= 11 is 4.87. The highest BCUT2D eigenvalue weighted by atomic mass is 32.2. The molecule has 3 aromatic rings. The quantitative estimate of drug-likeness (QED) is 0.397. The fourth-order valence-corrected chi connectivity index (χ4v) is 7.16. The van der Waals surface area contributed by atoms with E-state index in [4.69, 9.17) is 15.2 Å². The number of hydrogen-bond acceptors (Lipinski definition) is 9. The molecule has 164 valence electrons. The molecule has 2 N–H and O–H groups in total. The molecule has 0 saturated heterocycles. The number of thiazole rings is 1. The number of methoxy groups -OCH3 is 1. The number of Topliss-reactive ketones (excluding diaryl/α,β-unsaturated/α-hetero) is 1. The molecule has 0 amide bonds. The number of thiophene rings is 1. The number of ketones is 1. The summed E-state index contributed by atoms with van der Waals surface area (Å²) in [7, 11) is 1.31. The van der Waals surface area contributed by atoms with Crippen molar-refractivity contribution in [1.29, 1.82) is 0 Å². The molecule has 6 nitrogen and oxygen atoms in total. The second-order valence-electron chi connectivity index (χ2n) is 7.51. The molecule has 32 heavy (non-hydrogen) atoms. The molecule has 3 heterocycles. The lowest BCUT2D eigenvalue weighted by Crippen LogP contribution is -2.30. The number of allylic oxidation sites excluding steroid dienone is 2. The summed E-state index contributed by atoms with van der Waals surface area (Å²) in [5.74, 6) is 0.223. The Balaban J connectivity index is 1.44. The molecule has 0 radical (unpaired) electrons. The number of nitrogens with two attached hydrogens (primary N) is 1. The third kappa shape index (κ3) is 3.85. The Morgan fingerprint density at radius 3 is 3.00 bits per heavy atom. The fourth-order valence-electron chi connectivity index (χ4n) is 4.03. The summed E-state index contributed by atoms with van der Waals surface area (Å²) in [6, 6.07) is 10.1. The van der Waals surface area contributed by atoms with Gasteiger partial charge in [-0.3, -0.25) is 4.79 Å². The van der Waals surface area contributed by atoms with Gasteiger partial charge in [0.2, 0.25) is 5.88 Å². The van der Waals surface area contributed by atoms with Crippen molar-refractivity contribution in [2.75, 3.05) is 7.11 Å². The van der Waals surface area contributed by atoms with Crippen LogP contribution in [0.2, 0.25) is 0 Å². The molecule has 0 saturated carbocycles. The van der Waals surface area contributed by atoms with Crippen LogP contribution in [0.5, 0.6) is 0 Å². The highest BCUT2D eigenvalue weighted by Crippen LogP contribution is 2.46. The van der Waals surface area contributed by atoms with E-state index in [0.717, 1.165) is 32.5 Å². The number of benzene rings is 1. The number of rotatable bonds is 5. The van der Waals surface area contributed by atoms with Crippen molar-refractivity contribution in [3.63, 3.8) is 0 Å². The summed E-state index contributed by atoms with van der Waals surface area (Å²) in [6.45, 7) is 0. The Morgan fingerprint density at radius 2 is 2.19 bits per heavy atom.